The Hall–Kier alpha value is -3.75. The number of piperidine rings is 1. The summed E-state index contributed by atoms with van der Waals surface area (Å²) in [6, 6.07) is 7.27. The van der Waals surface area contributed by atoms with Gasteiger partial charge in [-0.2, -0.15) is 5.10 Å². The number of hydrogen-bond donors (Lipinski definition) is 1. The summed E-state index contributed by atoms with van der Waals surface area (Å²) < 4.78 is 6.70. The van der Waals surface area contributed by atoms with Crippen molar-refractivity contribution >= 4 is 17.5 Å². The van der Waals surface area contributed by atoms with Crippen LogP contribution >= 0.6 is 0 Å². The van der Waals surface area contributed by atoms with Gasteiger partial charge in [-0.15, -0.1) is 0 Å². The van der Waals surface area contributed by atoms with Gasteiger partial charge in [0.15, 0.2) is 5.78 Å². The predicted molar refractivity (Wildman–Crippen MR) is 110 cm³/mol. The van der Waals surface area contributed by atoms with Crippen LogP contribution in [0.2, 0.25) is 0 Å². The van der Waals surface area contributed by atoms with Gasteiger partial charge in [-0.3, -0.25) is 14.6 Å². The second-order valence-corrected chi connectivity index (χ2v) is 7.07. The van der Waals surface area contributed by atoms with Gasteiger partial charge in [0.1, 0.15) is 17.3 Å². The van der Waals surface area contributed by atoms with E-state index in [0.29, 0.717) is 43.0 Å². The van der Waals surface area contributed by atoms with Crippen molar-refractivity contribution in [2.45, 2.75) is 12.8 Å². The average molecular weight is 406 g/mol. The smallest absolute Gasteiger partial charge is 0.274 e. The van der Waals surface area contributed by atoms with Gasteiger partial charge in [0.2, 0.25) is 0 Å². The van der Waals surface area contributed by atoms with Crippen LogP contribution in [-0.2, 0) is 0 Å². The van der Waals surface area contributed by atoms with E-state index in [4.69, 9.17) is 10.5 Å². The summed E-state index contributed by atoms with van der Waals surface area (Å²) in [7, 11) is 1.60. The molecule has 0 radical (unpaired) electrons. The number of hydrogen-bond acceptors (Lipinski definition) is 7. The molecule has 1 fully saturated rings. The SMILES string of the molecule is COc1ccc(-n2ncc(C(=O)C3CCN(C(=O)c4cnccn4)CC3)c2N)cc1. The zero-order chi connectivity index (χ0) is 21.1. The third kappa shape index (κ3) is 3.73. The zero-order valence-corrected chi connectivity index (χ0v) is 16.6. The first-order valence-electron chi connectivity index (χ1n) is 9.66. The number of aromatic nitrogens is 4. The van der Waals surface area contributed by atoms with Crippen LogP contribution in [0.4, 0.5) is 5.82 Å². The largest absolute Gasteiger partial charge is 0.497 e. The second kappa shape index (κ2) is 8.32. The molecular weight excluding hydrogens is 384 g/mol. The number of anilines is 1. The van der Waals surface area contributed by atoms with Crippen LogP contribution in [0.5, 0.6) is 5.75 Å². The van der Waals surface area contributed by atoms with E-state index in [-0.39, 0.29) is 17.6 Å². The van der Waals surface area contributed by atoms with E-state index in [1.807, 2.05) is 24.3 Å². The molecule has 1 aromatic carbocycles. The lowest BCUT2D eigenvalue weighted by Crippen LogP contribution is -2.40. The van der Waals surface area contributed by atoms with Gasteiger partial charge in [-0.25, -0.2) is 9.67 Å². The number of likely N-dealkylation sites (tertiary alicyclic amines) is 1. The Morgan fingerprint density at radius 3 is 2.47 bits per heavy atom. The Labute approximate surface area is 173 Å². The molecule has 1 aliphatic rings. The van der Waals surface area contributed by atoms with Crippen LogP contribution in [0.1, 0.15) is 33.7 Å². The van der Waals surface area contributed by atoms with Gasteiger partial charge in [-0.1, -0.05) is 0 Å². The number of nitrogen functional groups attached to an aromatic ring is 1. The van der Waals surface area contributed by atoms with Crippen LogP contribution in [0.3, 0.4) is 0 Å². The Kier molecular flexibility index (Phi) is 5.42. The van der Waals surface area contributed by atoms with E-state index in [1.165, 1.54) is 24.8 Å². The number of carbonyl (C=O) groups excluding carboxylic acids is 2. The first-order chi connectivity index (χ1) is 14.6. The standard InChI is InChI=1S/C21H22N6O3/c1-30-16-4-2-15(3-5-16)27-20(22)17(12-25-27)19(28)14-6-10-26(11-7-14)21(29)18-13-23-8-9-24-18/h2-5,8-9,12-14H,6-7,10-11,22H2,1H3. The molecule has 2 N–H and O–H groups in total. The number of methoxy groups -OCH3 is 1. The molecule has 0 spiro atoms. The van der Waals surface area contributed by atoms with Crippen molar-refractivity contribution < 1.29 is 14.3 Å². The van der Waals surface area contributed by atoms with Crippen molar-refractivity contribution in [2.75, 3.05) is 25.9 Å². The number of ether oxygens (including phenoxy) is 1. The number of benzene rings is 1. The van der Waals surface area contributed by atoms with E-state index in [2.05, 4.69) is 15.1 Å². The molecule has 0 aliphatic carbocycles. The van der Waals surface area contributed by atoms with E-state index in [9.17, 15) is 9.59 Å². The Bertz CT molecular complexity index is 1040. The number of carbonyl (C=O) groups is 2. The molecule has 3 aromatic rings. The normalized spacial score (nSPS) is 14.5. The predicted octanol–water partition coefficient (Wildman–Crippen LogP) is 1.99. The molecule has 3 heterocycles. The fourth-order valence-electron chi connectivity index (χ4n) is 3.61. The fraction of sp³-hybridized carbons (Fsp3) is 0.286. The third-order valence-electron chi connectivity index (χ3n) is 5.32. The minimum Gasteiger partial charge on any atom is -0.497 e. The highest BCUT2D eigenvalue weighted by Crippen LogP contribution is 2.27. The molecule has 1 amide bonds. The molecule has 30 heavy (non-hydrogen) atoms. The summed E-state index contributed by atoms with van der Waals surface area (Å²) in [6.07, 6.45) is 7.12. The Morgan fingerprint density at radius 1 is 1.10 bits per heavy atom. The molecule has 9 nitrogen and oxygen atoms in total. The van der Waals surface area contributed by atoms with Gasteiger partial charge < -0.3 is 15.4 Å². The molecule has 0 atom stereocenters. The van der Waals surface area contributed by atoms with Crippen molar-refractivity contribution in [1.29, 1.82) is 0 Å². The summed E-state index contributed by atoms with van der Waals surface area (Å²) in [5.74, 6) is 0.623. The number of nitrogens with zero attached hydrogens (tertiary/aromatic N) is 5. The second-order valence-electron chi connectivity index (χ2n) is 7.07. The minimum absolute atomic E-state index is 0.0427. The maximum absolute atomic E-state index is 13.0. The molecule has 1 saturated heterocycles. The lowest BCUT2D eigenvalue weighted by molar-refractivity contribution is 0.0645. The molecule has 154 valence electrons. The van der Waals surface area contributed by atoms with Crippen LogP contribution < -0.4 is 10.5 Å². The van der Waals surface area contributed by atoms with Crippen molar-refractivity contribution in [3.8, 4) is 11.4 Å². The Balaban J connectivity index is 1.43. The van der Waals surface area contributed by atoms with E-state index in [0.717, 1.165) is 11.4 Å². The van der Waals surface area contributed by atoms with Gasteiger partial charge in [0.25, 0.3) is 5.91 Å². The number of amides is 1. The monoisotopic (exact) mass is 406 g/mol. The molecule has 2 aromatic heterocycles. The summed E-state index contributed by atoms with van der Waals surface area (Å²) in [5, 5.41) is 4.29. The first kappa shape index (κ1) is 19.6. The summed E-state index contributed by atoms with van der Waals surface area (Å²) in [5.41, 5.74) is 7.70. The number of Topliss-reactive ketones (excluding diaryl/α,β-unsaturated/α-hetero) is 1. The van der Waals surface area contributed by atoms with Gasteiger partial charge in [-0.05, 0) is 37.1 Å². The van der Waals surface area contributed by atoms with Crippen LogP contribution in [0.25, 0.3) is 5.69 Å². The maximum Gasteiger partial charge on any atom is 0.274 e. The van der Waals surface area contributed by atoms with Gasteiger partial charge in [0.05, 0.1) is 30.8 Å². The van der Waals surface area contributed by atoms with Crippen molar-refractivity contribution in [3.63, 3.8) is 0 Å². The number of ketones is 1. The molecule has 0 unspecified atom stereocenters. The number of rotatable bonds is 5. The van der Waals surface area contributed by atoms with E-state index in [1.54, 1.807) is 16.7 Å². The summed E-state index contributed by atoms with van der Waals surface area (Å²) in [6.45, 7) is 0.969. The van der Waals surface area contributed by atoms with Gasteiger partial charge >= 0.3 is 0 Å². The van der Waals surface area contributed by atoms with Crippen LogP contribution in [0.15, 0.2) is 49.1 Å². The van der Waals surface area contributed by atoms with Crippen molar-refractivity contribution in [1.82, 2.24) is 24.6 Å². The quantitative estimate of drug-likeness (QED) is 0.644. The average Bonchev–Trinajstić information content (AvgIpc) is 3.20. The molecule has 0 saturated carbocycles. The molecular formula is C21H22N6O3. The lowest BCUT2D eigenvalue weighted by Gasteiger charge is -2.30. The fourth-order valence-corrected chi connectivity index (χ4v) is 3.61. The topological polar surface area (TPSA) is 116 Å². The van der Waals surface area contributed by atoms with Crippen molar-refractivity contribution in [3.05, 3.63) is 60.3 Å². The van der Waals surface area contributed by atoms with Gasteiger partial charge in [0, 0.05) is 31.4 Å². The first-order valence-corrected chi connectivity index (χ1v) is 9.66. The van der Waals surface area contributed by atoms with Crippen LogP contribution in [0, 0.1) is 5.92 Å². The van der Waals surface area contributed by atoms with Crippen molar-refractivity contribution in [2.24, 2.45) is 5.92 Å². The summed E-state index contributed by atoms with van der Waals surface area (Å²) >= 11 is 0. The van der Waals surface area contributed by atoms with E-state index >= 15 is 0 Å². The van der Waals surface area contributed by atoms with E-state index < -0.39 is 0 Å². The number of nitrogens with two attached hydrogens (primary N) is 1. The maximum atomic E-state index is 13.0. The highest BCUT2D eigenvalue weighted by molar-refractivity contribution is 6.02. The third-order valence-corrected chi connectivity index (χ3v) is 5.32. The summed E-state index contributed by atoms with van der Waals surface area (Å²) in [4.78, 5) is 35.2. The molecule has 9 heteroatoms. The minimum atomic E-state index is -0.202. The Morgan fingerprint density at radius 2 is 1.83 bits per heavy atom. The molecule has 4 rings (SSSR count). The highest BCUT2D eigenvalue weighted by Gasteiger charge is 2.30. The highest BCUT2D eigenvalue weighted by atomic mass is 16.5. The molecule has 1 aliphatic heterocycles. The van der Waals surface area contributed by atoms with Crippen LogP contribution in [-0.4, -0.2) is 56.5 Å². The molecule has 0 bridgehead atoms. The lowest BCUT2D eigenvalue weighted by atomic mass is 9.89. The zero-order valence-electron chi connectivity index (χ0n) is 16.6.